The van der Waals surface area contributed by atoms with Crippen LogP contribution in [0.2, 0.25) is 0 Å². The number of rotatable bonds is 6. The number of aryl methyl sites for hydroxylation is 3. The molecule has 4 heterocycles. The molecule has 1 fully saturated rings. The molecule has 1 aliphatic heterocycles. The van der Waals surface area contributed by atoms with Crippen LogP contribution in [0.5, 0.6) is 0 Å². The lowest BCUT2D eigenvalue weighted by Crippen LogP contribution is -2.47. The maximum Gasteiger partial charge on any atom is 0.140 e. The van der Waals surface area contributed by atoms with E-state index in [0.29, 0.717) is 5.92 Å². The first kappa shape index (κ1) is 17.9. The van der Waals surface area contributed by atoms with Gasteiger partial charge < -0.3 is 4.57 Å². The molecule has 0 radical (unpaired) electrons. The van der Waals surface area contributed by atoms with Gasteiger partial charge in [0.2, 0.25) is 0 Å². The third-order valence-corrected chi connectivity index (χ3v) is 5.68. The zero-order valence-corrected chi connectivity index (χ0v) is 16.7. The molecule has 4 rings (SSSR count). The van der Waals surface area contributed by atoms with Crippen molar-refractivity contribution in [3.8, 4) is 11.4 Å². The summed E-state index contributed by atoms with van der Waals surface area (Å²) in [4.78, 5) is 11.3. The van der Waals surface area contributed by atoms with E-state index in [1.165, 1.54) is 22.6 Å². The van der Waals surface area contributed by atoms with E-state index in [-0.39, 0.29) is 0 Å². The summed E-state index contributed by atoms with van der Waals surface area (Å²) < 4.78 is 4.46. The van der Waals surface area contributed by atoms with Crippen LogP contribution in [-0.4, -0.2) is 42.3 Å². The van der Waals surface area contributed by atoms with Crippen molar-refractivity contribution in [3.63, 3.8) is 0 Å². The van der Waals surface area contributed by atoms with Crippen LogP contribution < -0.4 is 0 Å². The zero-order chi connectivity index (χ0) is 19.0. The summed E-state index contributed by atoms with van der Waals surface area (Å²) in [5.41, 5.74) is 6.22. The molecule has 6 heteroatoms. The standard InChI is InChI=1S/C21H28N6/c1-5-27-17(4)20(16(3)24-27)14-25-11-18(12-25)13-26-15(2)10-23-21(26)19-6-8-22-9-7-19/h6-10,18H,5,11-14H2,1-4H3. The minimum Gasteiger partial charge on any atom is -0.328 e. The van der Waals surface area contributed by atoms with Gasteiger partial charge in [-0.15, -0.1) is 0 Å². The lowest BCUT2D eigenvalue weighted by atomic mass is 9.98. The molecule has 3 aromatic rings. The van der Waals surface area contributed by atoms with Crippen molar-refractivity contribution in [2.45, 2.75) is 47.3 Å². The van der Waals surface area contributed by atoms with Gasteiger partial charge in [-0.05, 0) is 39.8 Å². The van der Waals surface area contributed by atoms with Crippen LogP contribution in [0.3, 0.4) is 0 Å². The predicted molar refractivity (Wildman–Crippen MR) is 106 cm³/mol. The fourth-order valence-electron chi connectivity index (χ4n) is 4.10. The number of hydrogen-bond donors (Lipinski definition) is 0. The fourth-order valence-corrected chi connectivity index (χ4v) is 4.10. The molecule has 1 aliphatic rings. The first-order chi connectivity index (χ1) is 13.1. The van der Waals surface area contributed by atoms with Gasteiger partial charge in [0.1, 0.15) is 5.82 Å². The van der Waals surface area contributed by atoms with Crippen LogP contribution >= 0.6 is 0 Å². The highest BCUT2D eigenvalue weighted by Crippen LogP contribution is 2.26. The summed E-state index contributed by atoms with van der Waals surface area (Å²) in [5.74, 6) is 1.71. The van der Waals surface area contributed by atoms with Gasteiger partial charge in [0, 0.05) is 79.7 Å². The maximum absolute atomic E-state index is 4.65. The van der Waals surface area contributed by atoms with E-state index in [2.05, 4.69) is 56.9 Å². The lowest BCUT2D eigenvalue weighted by molar-refractivity contribution is 0.0799. The number of imidazole rings is 1. The Morgan fingerprint density at radius 2 is 1.85 bits per heavy atom. The topological polar surface area (TPSA) is 51.8 Å². The third kappa shape index (κ3) is 3.41. The Bertz CT molecular complexity index is 918. The monoisotopic (exact) mass is 364 g/mol. The first-order valence-corrected chi connectivity index (χ1v) is 9.74. The van der Waals surface area contributed by atoms with Gasteiger partial charge in [0.05, 0.1) is 5.69 Å². The molecule has 0 aromatic carbocycles. The summed E-state index contributed by atoms with van der Waals surface area (Å²) >= 11 is 0. The van der Waals surface area contributed by atoms with Gasteiger partial charge in [-0.1, -0.05) is 0 Å². The molecule has 0 N–H and O–H groups in total. The highest BCUT2D eigenvalue weighted by Gasteiger charge is 2.29. The van der Waals surface area contributed by atoms with Gasteiger partial charge in [-0.2, -0.15) is 5.10 Å². The van der Waals surface area contributed by atoms with Crippen LogP contribution in [0.15, 0.2) is 30.7 Å². The van der Waals surface area contributed by atoms with E-state index < -0.39 is 0 Å². The van der Waals surface area contributed by atoms with E-state index in [0.717, 1.165) is 44.1 Å². The lowest BCUT2D eigenvalue weighted by Gasteiger charge is -2.40. The Morgan fingerprint density at radius 1 is 1.11 bits per heavy atom. The number of aromatic nitrogens is 5. The van der Waals surface area contributed by atoms with E-state index in [9.17, 15) is 0 Å². The van der Waals surface area contributed by atoms with Gasteiger partial charge in [0.25, 0.3) is 0 Å². The van der Waals surface area contributed by atoms with Crippen LogP contribution in [0.25, 0.3) is 11.4 Å². The quantitative estimate of drug-likeness (QED) is 0.674. The summed E-state index contributed by atoms with van der Waals surface area (Å²) in [7, 11) is 0. The Morgan fingerprint density at radius 3 is 2.52 bits per heavy atom. The largest absolute Gasteiger partial charge is 0.328 e. The minimum absolute atomic E-state index is 0.667. The molecular weight excluding hydrogens is 336 g/mol. The Kier molecular flexibility index (Phi) is 4.83. The van der Waals surface area contributed by atoms with Crippen molar-refractivity contribution in [3.05, 3.63) is 53.4 Å². The van der Waals surface area contributed by atoms with Gasteiger partial charge in [0.15, 0.2) is 0 Å². The van der Waals surface area contributed by atoms with Crippen LogP contribution in [0.1, 0.15) is 29.6 Å². The molecule has 142 valence electrons. The average Bonchev–Trinajstić information content (AvgIpc) is 3.14. The number of hydrogen-bond acceptors (Lipinski definition) is 4. The van der Waals surface area contributed by atoms with E-state index in [4.69, 9.17) is 0 Å². The summed E-state index contributed by atoms with van der Waals surface area (Å²) in [6.45, 7) is 13.8. The van der Waals surface area contributed by atoms with Gasteiger partial charge in [-0.25, -0.2) is 4.98 Å². The van der Waals surface area contributed by atoms with Crippen molar-refractivity contribution in [1.82, 2.24) is 29.2 Å². The van der Waals surface area contributed by atoms with E-state index in [1.54, 1.807) is 0 Å². The van der Waals surface area contributed by atoms with Crippen molar-refractivity contribution in [2.75, 3.05) is 13.1 Å². The van der Waals surface area contributed by atoms with Crippen LogP contribution in [0, 0.1) is 26.7 Å². The Labute approximate surface area is 160 Å². The maximum atomic E-state index is 4.65. The second-order valence-electron chi connectivity index (χ2n) is 7.59. The van der Waals surface area contributed by atoms with Crippen molar-refractivity contribution >= 4 is 0 Å². The number of likely N-dealkylation sites (tertiary alicyclic amines) is 1. The molecular formula is C21H28N6. The summed E-state index contributed by atoms with van der Waals surface area (Å²) in [6.07, 6.45) is 5.63. The number of pyridine rings is 1. The van der Waals surface area contributed by atoms with Crippen LogP contribution in [-0.2, 0) is 19.6 Å². The molecule has 0 spiro atoms. The molecule has 0 bridgehead atoms. The highest BCUT2D eigenvalue weighted by atomic mass is 15.3. The van der Waals surface area contributed by atoms with Crippen molar-refractivity contribution in [1.29, 1.82) is 0 Å². The van der Waals surface area contributed by atoms with E-state index >= 15 is 0 Å². The summed E-state index contributed by atoms with van der Waals surface area (Å²) in [6, 6.07) is 4.06. The SMILES string of the molecule is CCn1nc(C)c(CN2CC(Cn3c(C)cnc3-c3ccncc3)C2)c1C. The molecule has 6 nitrogen and oxygen atoms in total. The van der Waals surface area contributed by atoms with Gasteiger partial charge >= 0.3 is 0 Å². The molecule has 27 heavy (non-hydrogen) atoms. The minimum atomic E-state index is 0.667. The first-order valence-electron chi connectivity index (χ1n) is 9.74. The predicted octanol–water partition coefficient (Wildman–Crippen LogP) is 3.22. The van der Waals surface area contributed by atoms with Crippen molar-refractivity contribution in [2.24, 2.45) is 5.92 Å². The Balaban J connectivity index is 1.41. The zero-order valence-electron chi connectivity index (χ0n) is 16.7. The summed E-state index contributed by atoms with van der Waals surface area (Å²) in [5, 5.41) is 4.65. The van der Waals surface area contributed by atoms with Gasteiger partial charge in [-0.3, -0.25) is 14.6 Å². The Hall–Kier alpha value is -2.47. The smallest absolute Gasteiger partial charge is 0.140 e. The second-order valence-corrected chi connectivity index (χ2v) is 7.59. The molecule has 0 unspecified atom stereocenters. The normalized spacial score (nSPS) is 15.3. The third-order valence-electron chi connectivity index (χ3n) is 5.68. The molecule has 0 saturated carbocycles. The second kappa shape index (κ2) is 7.27. The number of nitrogens with zero attached hydrogens (tertiary/aromatic N) is 6. The molecule has 0 atom stereocenters. The van der Waals surface area contributed by atoms with Crippen LogP contribution in [0.4, 0.5) is 0 Å². The molecule has 0 amide bonds. The fraction of sp³-hybridized carbons (Fsp3) is 0.476. The molecule has 0 aliphatic carbocycles. The highest BCUT2D eigenvalue weighted by molar-refractivity contribution is 5.55. The molecule has 3 aromatic heterocycles. The average molecular weight is 364 g/mol. The van der Waals surface area contributed by atoms with E-state index in [1.807, 2.05) is 30.7 Å². The van der Waals surface area contributed by atoms with Crippen molar-refractivity contribution < 1.29 is 0 Å². The molecule has 1 saturated heterocycles.